The van der Waals surface area contributed by atoms with E-state index in [1.165, 1.54) is 12.1 Å². The molecule has 0 heterocycles. The van der Waals surface area contributed by atoms with Gasteiger partial charge >= 0.3 is 5.97 Å². The van der Waals surface area contributed by atoms with E-state index in [9.17, 15) is 31.2 Å². The van der Waals surface area contributed by atoms with Crippen LogP contribution in [0.4, 0.5) is 18.9 Å². The molecule has 6 nitrogen and oxygen atoms in total. The highest BCUT2D eigenvalue weighted by molar-refractivity contribution is 7.92. The number of fused-ring (bicyclic) bond motifs is 2. The van der Waals surface area contributed by atoms with Crippen molar-refractivity contribution < 1.29 is 36.3 Å². The van der Waals surface area contributed by atoms with Crippen molar-refractivity contribution in [2.24, 2.45) is 11.8 Å². The molecule has 2 fully saturated rings. The number of allylic oxidation sites excluding steroid dienone is 1. The Bertz CT molecular complexity index is 1290. The molecule has 2 N–H and O–H groups in total. The van der Waals surface area contributed by atoms with Crippen molar-refractivity contribution in [1.82, 2.24) is 0 Å². The lowest BCUT2D eigenvalue weighted by Gasteiger charge is -2.31. The quantitative estimate of drug-likeness (QED) is 0.433. The Morgan fingerprint density at radius 1 is 1.03 bits per heavy atom. The molecule has 2 saturated carbocycles. The van der Waals surface area contributed by atoms with Crippen molar-refractivity contribution in [2.45, 2.75) is 35.8 Å². The van der Waals surface area contributed by atoms with Crippen molar-refractivity contribution in [3.05, 3.63) is 70.0 Å². The molecule has 2 aromatic carbocycles. The third-order valence-electron chi connectivity index (χ3n) is 6.31. The van der Waals surface area contributed by atoms with E-state index < -0.39 is 44.4 Å². The molecule has 4 rings (SSSR count). The SMILES string of the molecule is O=C(O)C=C1CC2CC[C@@H](C1)C2S(=O)(=O)c1cc(C(=O)Nc2cc(F)c(F)c(F)c2)ccc1Cl. The molecule has 2 bridgehead atoms. The summed E-state index contributed by atoms with van der Waals surface area (Å²) >= 11 is 6.20. The average molecular weight is 514 g/mol. The summed E-state index contributed by atoms with van der Waals surface area (Å²) in [6.45, 7) is 0. The van der Waals surface area contributed by atoms with Gasteiger partial charge in [0.05, 0.1) is 15.2 Å². The van der Waals surface area contributed by atoms with Gasteiger partial charge in [0.25, 0.3) is 5.91 Å². The first-order valence-electron chi connectivity index (χ1n) is 10.4. The number of carbonyl (C=O) groups excluding carboxylic acids is 1. The minimum absolute atomic E-state index is 0.0818. The van der Waals surface area contributed by atoms with Gasteiger partial charge in [0.15, 0.2) is 27.3 Å². The highest BCUT2D eigenvalue weighted by atomic mass is 35.5. The van der Waals surface area contributed by atoms with Crippen LogP contribution in [0.3, 0.4) is 0 Å². The number of hydrogen-bond donors (Lipinski definition) is 2. The number of benzene rings is 2. The van der Waals surface area contributed by atoms with E-state index in [1.54, 1.807) is 0 Å². The number of sulfone groups is 1. The Morgan fingerprint density at radius 3 is 2.18 bits per heavy atom. The Morgan fingerprint density at radius 2 is 1.62 bits per heavy atom. The fourth-order valence-electron chi connectivity index (χ4n) is 4.97. The maximum Gasteiger partial charge on any atom is 0.328 e. The third kappa shape index (κ3) is 4.56. The lowest BCUT2D eigenvalue weighted by Crippen LogP contribution is -2.35. The van der Waals surface area contributed by atoms with Gasteiger partial charge in [-0.1, -0.05) is 17.2 Å². The largest absolute Gasteiger partial charge is 0.478 e. The molecular formula is C23H19ClF3NO5S. The Kier molecular flexibility index (Phi) is 6.48. The van der Waals surface area contributed by atoms with Crippen LogP contribution in [-0.4, -0.2) is 30.7 Å². The topological polar surface area (TPSA) is 101 Å². The molecule has 0 saturated heterocycles. The molecule has 0 aromatic heterocycles. The predicted octanol–water partition coefficient (Wildman–Crippen LogP) is 4.98. The number of carbonyl (C=O) groups is 2. The first-order chi connectivity index (χ1) is 16.0. The number of amides is 1. The minimum atomic E-state index is -3.98. The number of rotatable bonds is 5. The molecule has 2 aliphatic carbocycles. The number of carboxylic acids is 1. The molecular weight excluding hydrogens is 495 g/mol. The molecule has 34 heavy (non-hydrogen) atoms. The smallest absolute Gasteiger partial charge is 0.328 e. The van der Waals surface area contributed by atoms with Crippen molar-refractivity contribution in [3.63, 3.8) is 0 Å². The summed E-state index contributed by atoms with van der Waals surface area (Å²) < 4.78 is 67.2. The second kappa shape index (κ2) is 9.07. The van der Waals surface area contributed by atoms with Crippen LogP contribution in [0.1, 0.15) is 36.0 Å². The van der Waals surface area contributed by atoms with Crippen LogP contribution >= 0.6 is 11.6 Å². The van der Waals surface area contributed by atoms with Crippen LogP contribution < -0.4 is 5.32 Å². The fourth-order valence-corrected chi connectivity index (χ4v) is 7.82. The van der Waals surface area contributed by atoms with Gasteiger partial charge in [-0.3, -0.25) is 4.79 Å². The average Bonchev–Trinajstić information content (AvgIpc) is 3.03. The summed E-state index contributed by atoms with van der Waals surface area (Å²) in [5, 5.41) is 10.4. The van der Waals surface area contributed by atoms with E-state index in [-0.39, 0.29) is 33.0 Å². The Labute approximate surface area is 198 Å². The van der Waals surface area contributed by atoms with Gasteiger partial charge in [0.1, 0.15) is 0 Å². The molecule has 2 unspecified atom stereocenters. The summed E-state index contributed by atoms with van der Waals surface area (Å²) in [6.07, 6.45) is 3.10. The van der Waals surface area contributed by atoms with Gasteiger partial charge in [0, 0.05) is 29.5 Å². The second-order valence-electron chi connectivity index (χ2n) is 8.51. The van der Waals surface area contributed by atoms with Gasteiger partial charge < -0.3 is 10.4 Å². The van der Waals surface area contributed by atoms with Crippen LogP contribution in [0.2, 0.25) is 5.02 Å². The molecule has 3 atom stereocenters. The summed E-state index contributed by atoms with van der Waals surface area (Å²) in [5.41, 5.74) is 0.232. The van der Waals surface area contributed by atoms with Crippen LogP contribution in [0.15, 0.2) is 46.9 Å². The van der Waals surface area contributed by atoms with E-state index in [4.69, 9.17) is 16.7 Å². The number of halogens is 4. The third-order valence-corrected chi connectivity index (χ3v) is 9.19. The monoisotopic (exact) mass is 513 g/mol. The van der Waals surface area contributed by atoms with Gasteiger partial charge in [0.2, 0.25) is 0 Å². The Balaban J connectivity index is 1.62. The number of anilines is 1. The van der Waals surface area contributed by atoms with Gasteiger partial charge in [-0.05, 0) is 55.7 Å². The molecule has 180 valence electrons. The molecule has 0 spiro atoms. The van der Waals surface area contributed by atoms with Gasteiger partial charge in [-0.15, -0.1) is 0 Å². The first kappa shape index (κ1) is 24.3. The van der Waals surface area contributed by atoms with Gasteiger partial charge in [-0.2, -0.15) is 0 Å². The highest BCUT2D eigenvalue weighted by Gasteiger charge is 2.48. The Hall–Kier alpha value is -2.85. The molecule has 1 amide bonds. The van der Waals surface area contributed by atoms with E-state index in [0.29, 0.717) is 43.4 Å². The lowest BCUT2D eigenvalue weighted by atomic mass is 9.84. The van der Waals surface area contributed by atoms with Crippen LogP contribution in [-0.2, 0) is 14.6 Å². The van der Waals surface area contributed by atoms with Crippen molar-refractivity contribution in [2.75, 3.05) is 5.32 Å². The number of nitrogens with one attached hydrogen (secondary N) is 1. The van der Waals surface area contributed by atoms with Gasteiger partial charge in [-0.25, -0.2) is 26.4 Å². The van der Waals surface area contributed by atoms with E-state index in [0.717, 1.165) is 12.1 Å². The molecule has 11 heteroatoms. The number of hydrogen-bond acceptors (Lipinski definition) is 4. The number of aliphatic carboxylic acids is 1. The second-order valence-corrected chi connectivity index (χ2v) is 11.0. The summed E-state index contributed by atoms with van der Waals surface area (Å²) in [7, 11) is -3.98. The normalized spacial score (nSPS) is 23.2. The minimum Gasteiger partial charge on any atom is -0.478 e. The summed E-state index contributed by atoms with van der Waals surface area (Å²) in [5.74, 6) is -7.13. The van der Waals surface area contributed by atoms with Crippen LogP contribution in [0.25, 0.3) is 0 Å². The van der Waals surface area contributed by atoms with Crippen molar-refractivity contribution in [1.29, 1.82) is 0 Å². The van der Waals surface area contributed by atoms with E-state index >= 15 is 0 Å². The van der Waals surface area contributed by atoms with E-state index in [1.807, 2.05) is 0 Å². The van der Waals surface area contributed by atoms with Crippen LogP contribution in [0.5, 0.6) is 0 Å². The van der Waals surface area contributed by atoms with Crippen LogP contribution in [0, 0.1) is 29.3 Å². The molecule has 0 radical (unpaired) electrons. The zero-order chi connectivity index (χ0) is 24.8. The maximum absolute atomic E-state index is 13.6. The summed E-state index contributed by atoms with van der Waals surface area (Å²) in [4.78, 5) is 23.4. The molecule has 2 aliphatic rings. The van der Waals surface area contributed by atoms with Crippen molar-refractivity contribution in [3.8, 4) is 0 Å². The predicted molar refractivity (Wildman–Crippen MR) is 118 cm³/mol. The zero-order valence-corrected chi connectivity index (χ0v) is 19.1. The van der Waals surface area contributed by atoms with Crippen molar-refractivity contribution >= 4 is 39.0 Å². The first-order valence-corrected chi connectivity index (χ1v) is 12.3. The maximum atomic E-state index is 13.6. The lowest BCUT2D eigenvalue weighted by molar-refractivity contribution is -0.131. The highest BCUT2D eigenvalue weighted by Crippen LogP contribution is 2.50. The molecule has 2 aromatic rings. The molecule has 0 aliphatic heterocycles. The van der Waals surface area contributed by atoms with E-state index in [2.05, 4.69) is 5.32 Å². The number of carboxylic acid groups (broad SMARTS) is 1. The zero-order valence-electron chi connectivity index (χ0n) is 17.5. The standard InChI is InChI=1S/C23H19ClF3NO5S/c24-16-4-3-14(23(31)28-15-9-17(25)21(27)18(26)10-15)8-19(16)34(32,33)22-12-1-2-13(22)6-11(5-12)7-20(29)30/h3-4,7-10,12-13,22H,1-2,5-6H2,(H,28,31)(H,29,30)/t12-,13?,22?/m0/s1. The summed E-state index contributed by atoms with van der Waals surface area (Å²) in [6, 6.07) is 4.81. The fraction of sp³-hybridized carbons (Fsp3) is 0.304.